The Morgan fingerprint density at radius 2 is 2.05 bits per heavy atom. The minimum Gasteiger partial charge on any atom is -0.482 e. The summed E-state index contributed by atoms with van der Waals surface area (Å²) < 4.78 is 9.94. The zero-order valence-electron chi connectivity index (χ0n) is 12.2. The van der Waals surface area contributed by atoms with Gasteiger partial charge in [-0.3, -0.25) is 4.79 Å². The van der Waals surface area contributed by atoms with E-state index in [0.717, 1.165) is 5.56 Å². The van der Waals surface area contributed by atoms with Crippen molar-refractivity contribution in [1.29, 1.82) is 0 Å². The van der Waals surface area contributed by atoms with Gasteiger partial charge in [-0.15, -0.1) is 0 Å². The van der Waals surface area contributed by atoms with Crippen LogP contribution in [0.1, 0.15) is 34.8 Å². The van der Waals surface area contributed by atoms with Gasteiger partial charge in [0, 0.05) is 6.07 Å². The molecule has 0 spiro atoms. The number of hydrogen-bond donors (Lipinski definition) is 2. The largest absolute Gasteiger partial charge is 0.482 e. The third-order valence-electron chi connectivity index (χ3n) is 2.94. The van der Waals surface area contributed by atoms with E-state index in [2.05, 4.69) is 10.5 Å². The second-order valence-electron chi connectivity index (χ2n) is 4.78. The van der Waals surface area contributed by atoms with Crippen molar-refractivity contribution in [3.63, 3.8) is 0 Å². The predicted octanol–water partition coefficient (Wildman–Crippen LogP) is 1.94. The van der Waals surface area contributed by atoms with Crippen molar-refractivity contribution in [2.45, 2.75) is 19.9 Å². The van der Waals surface area contributed by atoms with Gasteiger partial charge in [-0.2, -0.15) is 0 Å². The molecule has 0 aliphatic heterocycles. The van der Waals surface area contributed by atoms with Crippen molar-refractivity contribution in [2.24, 2.45) is 0 Å². The zero-order valence-corrected chi connectivity index (χ0v) is 12.2. The van der Waals surface area contributed by atoms with Crippen LogP contribution in [0, 0.1) is 6.92 Å². The Morgan fingerprint density at radius 3 is 2.59 bits per heavy atom. The number of amides is 1. The molecule has 1 heterocycles. The fraction of sp³-hybridized carbons (Fsp3) is 0.267. The fourth-order valence-electron chi connectivity index (χ4n) is 1.82. The van der Waals surface area contributed by atoms with Gasteiger partial charge in [0.2, 0.25) is 5.76 Å². The highest BCUT2D eigenvalue weighted by molar-refractivity contribution is 5.91. The molecule has 0 radical (unpaired) electrons. The normalized spacial score (nSPS) is 11.7. The monoisotopic (exact) mass is 304 g/mol. The van der Waals surface area contributed by atoms with Crippen molar-refractivity contribution in [2.75, 3.05) is 6.61 Å². The number of rotatable bonds is 6. The highest BCUT2D eigenvalue weighted by atomic mass is 16.5. The number of nitrogens with one attached hydrogen (secondary N) is 1. The summed E-state index contributed by atoms with van der Waals surface area (Å²) in [5, 5.41) is 15.0. The molecular weight excluding hydrogens is 288 g/mol. The molecule has 1 amide bonds. The molecule has 1 aromatic heterocycles. The van der Waals surface area contributed by atoms with E-state index in [4.69, 9.17) is 14.4 Å². The first-order valence-electron chi connectivity index (χ1n) is 6.64. The van der Waals surface area contributed by atoms with Gasteiger partial charge in [0.1, 0.15) is 5.75 Å². The van der Waals surface area contributed by atoms with Crippen molar-refractivity contribution >= 4 is 11.9 Å². The Balaban J connectivity index is 1.96. The lowest BCUT2D eigenvalue weighted by atomic mass is 10.1. The van der Waals surface area contributed by atoms with Gasteiger partial charge in [-0.25, -0.2) is 4.79 Å². The van der Waals surface area contributed by atoms with Crippen LogP contribution in [-0.4, -0.2) is 28.7 Å². The number of carbonyl (C=O) groups excluding carboxylic acids is 1. The maximum Gasteiger partial charge on any atom is 0.341 e. The van der Waals surface area contributed by atoms with E-state index < -0.39 is 12.6 Å². The lowest BCUT2D eigenvalue weighted by Gasteiger charge is -2.13. The highest BCUT2D eigenvalue weighted by Gasteiger charge is 2.15. The minimum atomic E-state index is -1.04. The van der Waals surface area contributed by atoms with E-state index in [9.17, 15) is 9.59 Å². The molecule has 2 N–H and O–H groups in total. The smallest absolute Gasteiger partial charge is 0.341 e. The number of carboxylic acids is 1. The molecule has 1 unspecified atom stereocenters. The Labute approximate surface area is 126 Å². The lowest BCUT2D eigenvalue weighted by molar-refractivity contribution is -0.139. The number of aryl methyl sites for hydroxylation is 1. The van der Waals surface area contributed by atoms with E-state index >= 15 is 0 Å². The number of nitrogens with zero attached hydrogens (tertiary/aromatic N) is 1. The summed E-state index contributed by atoms with van der Waals surface area (Å²) in [5.41, 5.74) is 1.49. The number of hydrogen-bond acceptors (Lipinski definition) is 5. The first-order chi connectivity index (χ1) is 10.5. The molecule has 0 saturated heterocycles. The van der Waals surface area contributed by atoms with Gasteiger partial charge in [0.15, 0.2) is 6.61 Å². The second kappa shape index (κ2) is 6.75. The minimum absolute atomic E-state index is 0.158. The molecule has 0 saturated carbocycles. The van der Waals surface area contributed by atoms with Crippen molar-refractivity contribution in [3.8, 4) is 5.75 Å². The van der Waals surface area contributed by atoms with Crippen LogP contribution in [0.25, 0.3) is 0 Å². The van der Waals surface area contributed by atoms with Crippen LogP contribution in [-0.2, 0) is 4.79 Å². The molecule has 0 aliphatic carbocycles. The van der Waals surface area contributed by atoms with Crippen molar-refractivity contribution < 1.29 is 24.0 Å². The number of benzene rings is 1. The number of ether oxygens (including phenoxy) is 1. The number of aromatic nitrogens is 1. The lowest BCUT2D eigenvalue weighted by Crippen LogP contribution is -2.26. The van der Waals surface area contributed by atoms with Crippen LogP contribution >= 0.6 is 0 Å². The Kier molecular flexibility index (Phi) is 4.77. The van der Waals surface area contributed by atoms with Crippen LogP contribution in [0.2, 0.25) is 0 Å². The predicted molar refractivity (Wildman–Crippen MR) is 76.7 cm³/mol. The molecule has 116 valence electrons. The molecule has 0 aliphatic rings. The molecule has 2 rings (SSSR count). The highest BCUT2D eigenvalue weighted by Crippen LogP contribution is 2.18. The Hall–Kier alpha value is -2.83. The first-order valence-corrected chi connectivity index (χ1v) is 6.64. The van der Waals surface area contributed by atoms with Crippen molar-refractivity contribution in [1.82, 2.24) is 10.5 Å². The molecule has 1 atom stereocenters. The Bertz CT molecular complexity index is 663. The van der Waals surface area contributed by atoms with Gasteiger partial charge in [0.25, 0.3) is 5.91 Å². The maximum atomic E-state index is 12.0. The van der Waals surface area contributed by atoms with Gasteiger partial charge in [-0.1, -0.05) is 17.3 Å². The summed E-state index contributed by atoms with van der Waals surface area (Å²) in [6.07, 6.45) is 0. The molecular formula is C15H16N2O5. The Morgan fingerprint density at radius 1 is 1.36 bits per heavy atom. The van der Waals surface area contributed by atoms with Gasteiger partial charge >= 0.3 is 5.97 Å². The van der Waals surface area contributed by atoms with E-state index in [1.165, 1.54) is 0 Å². The van der Waals surface area contributed by atoms with E-state index in [1.807, 2.05) is 6.92 Å². The first kappa shape index (κ1) is 15.6. The van der Waals surface area contributed by atoms with Gasteiger partial charge in [-0.05, 0) is 31.5 Å². The second-order valence-corrected chi connectivity index (χ2v) is 4.78. The zero-order chi connectivity index (χ0) is 16.1. The summed E-state index contributed by atoms with van der Waals surface area (Å²) >= 11 is 0. The van der Waals surface area contributed by atoms with Crippen LogP contribution in [0.4, 0.5) is 0 Å². The van der Waals surface area contributed by atoms with E-state index in [0.29, 0.717) is 11.4 Å². The number of aliphatic carboxylic acids is 1. The topological polar surface area (TPSA) is 102 Å². The molecule has 1 aromatic carbocycles. The average molecular weight is 304 g/mol. The summed E-state index contributed by atoms with van der Waals surface area (Å²) in [6.45, 7) is 3.17. The standard InChI is InChI=1S/C15H16N2O5/c1-9-7-13(22-17-9)15(20)16-10(2)11-3-5-12(6-4-11)21-8-14(18)19/h3-7,10H,8H2,1-2H3,(H,16,20)(H,18,19). The molecule has 0 bridgehead atoms. The van der Waals surface area contributed by atoms with E-state index in [1.54, 1.807) is 37.3 Å². The number of carbonyl (C=O) groups is 2. The quantitative estimate of drug-likeness (QED) is 0.845. The molecule has 7 heteroatoms. The summed E-state index contributed by atoms with van der Waals surface area (Å²) in [7, 11) is 0. The summed E-state index contributed by atoms with van der Waals surface area (Å²) in [4.78, 5) is 22.4. The van der Waals surface area contributed by atoms with Gasteiger partial charge in [0.05, 0.1) is 11.7 Å². The number of carboxylic acid groups (broad SMARTS) is 1. The molecule has 2 aromatic rings. The summed E-state index contributed by atoms with van der Waals surface area (Å²) in [6, 6.07) is 8.14. The van der Waals surface area contributed by atoms with Gasteiger partial charge < -0.3 is 19.7 Å². The third-order valence-corrected chi connectivity index (χ3v) is 2.94. The van der Waals surface area contributed by atoms with E-state index in [-0.39, 0.29) is 17.7 Å². The van der Waals surface area contributed by atoms with Crippen molar-refractivity contribution in [3.05, 3.63) is 47.3 Å². The fourth-order valence-corrected chi connectivity index (χ4v) is 1.82. The average Bonchev–Trinajstić information content (AvgIpc) is 2.92. The molecule has 22 heavy (non-hydrogen) atoms. The SMILES string of the molecule is Cc1cc(C(=O)NC(C)c2ccc(OCC(=O)O)cc2)on1. The molecule has 0 fully saturated rings. The van der Waals surface area contributed by atoms with Crippen LogP contribution in [0.3, 0.4) is 0 Å². The summed E-state index contributed by atoms with van der Waals surface area (Å²) in [5.74, 6) is -0.771. The molecule has 7 nitrogen and oxygen atoms in total. The van der Waals surface area contributed by atoms with Crippen LogP contribution in [0.15, 0.2) is 34.9 Å². The third kappa shape index (κ3) is 4.08. The van der Waals surface area contributed by atoms with Crippen LogP contribution in [0.5, 0.6) is 5.75 Å². The van der Waals surface area contributed by atoms with Crippen LogP contribution < -0.4 is 10.1 Å². The maximum absolute atomic E-state index is 12.0.